The van der Waals surface area contributed by atoms with Gasteiger partial charge in [0, 0.05) is 0 Å². The van der Waals surface area contributed by atoms with Gasteiger partial charge in [0.2, 0.25) is 5.95 Å². The van der Waals surface area contributed by atoms with Gasteiger partial charge in [-0.15, -0.1) is 12.6 Å². The van der Waals surface area contributed by atoms with Gasteiger partial charge in [0.05, 0.1) is 4.90 Å². The molecule has 50 valence electrons. The quantitative estimate of drug-likeness (QED) is 0.452. The fourth-order valence-corrected chi connectivity index (χ4v) is 0.614. The summed E-state index contributed by atoms with van der Waals surface area (Å²) in [5.74, 6) is -0.706. The van der Waals surface area contributed by atoms with Gasteiger partial charge in [0.25, 0.3) is 0 Å². The molecule has 0 fully saturated rings. The van der Waals surface area contributed by atoms with Crippen molar-refractivity contribution in [3.63, 3.8) is 0 Å². The maximum Gasteiger partial charge on any atom is 0.227 e. The molecule has 0 radical (unpaired) electrons. The van der Waals surface area contributed by atoms with E-state index in [1.807, 2.05) is 0 Å². The first kappa shape index (κ1) is 7.03. The topological polar surface area (TPSA) is 36.7 Å². The van der Waals surface area contributed by atoms with Gasteiger partial charge in [-0.05, 0) is 12.1 Å². The SMILES string of the molecule is N#Cc1ccc(S)c(F)n1. The Labute approximate surface area is 62.7 Å². The van der Waals surface area contributed by atoms with Gasteiger partial charge in [-0.3, -0.25) is 0 Å². The van der Waals surface area contributed by atoms with Crippen LogP contribution in [0.5, 0.6) is 0 Å². The standard InChI is InChI=1S/C6H3FN2S/c7-6-5(10)2-1-4(3-8)9-6/h1-2,10H. The van der Waals surface area contributed by atoms with Crippen LogP contribution in [0.15, 0.2) is 17.0 Å². The van der Waals surface area contributed by atoms with Crippen molar-refractivity contribution in [2.75, 3.05) is 0 Å². The first-order valence-electron chi connectivity index (χ1n) is 2.49. The minimum atomic E-state index is -0.706. The zero-order chi connectivity index (χ0) is 7.56. The average Bonchev–Trinajstić information content (AvgIpc) is 1.95. The molecular formula is C6H3FN2S. The van der Waals surface area contributed by atoms with Crippen LogP contribution in [0.4, 0.5) is 4.39 Å². The molecule has 2 nitrogen and oxygen atoms in total. The molecule has 0 saturated carbocycles. The molecule has 4 heteroatoms. The number of aromatic nitrogens is 1. The first-order valence-corrected chi connectivity index (χ1v) is 2.94. The molecule has 0 spiro atoms. The van der Waals surface area contributed by atoms with Gasteiger partial charge in [-0.2, -0.15) is 9.65 Å². The third kappa shape index (κ3) is 1.25. The molecule has 10 heavy (non-hydrogen) atoms. The van der Waals surface area contributed by atoms with E-state index < -0.39 is 5.95 Å². The Morgan fingerprint density at radius 3 is 2.80 bits per heavy atom. The molecule has 0 amide bonds. The fourth-order valence-electron chi connectivity index (χ4n) is 0.489. The lowest BCUT2D eigenvalue weighted by Gasteiger charge is -1.91. The summed E-state index contributed by atoms with van der Waals surface area (Å²) in [5, 5.41) is 8.25. The second kappa shape index (κ2) is 2.67. The number of hydrogen-bond donors (Lipinski definition) is 1. The first-order chi connectivity index (χ1) is 4.74. The Morgan fingerprint density at radius 2 is 2.30 bits per heavy atom. The van der Waals surface area contributed by atoms with Crippen molar-refractivity contribution in [3.05, 3.63) is 23.8 Å². The lowest BCUT2D eigenvalue weighted by molar-refractivity contribution is 0.556. The maximum atomic E-state index is 12.4. The number of rotatable bonds is 0. The summed E-state index contributed by atoms with van der Waals surface area (Å²) in [5.41, 5.74) is 0.0651. The molecule has 0 aliphatic heterocycles. The normalized spacial score (nSPS) is 8.90. The Hall–Kier alpha value is -1.08. The van der Waals surface area contributed by atoms with Crippen LogP contribution < -0.4 is 0 Å². The lowest BCUT2D eigenvalue weighted by atomic mass is 10.4. The number of halogens is 1. The molecule has 0 aliphatic rings. The molecule has 0 aliphatic carbocycles. The summed E-state index contributed by atoms with van der Waals surface area (Å²) < 4.78 is 12.4. The van der Waals surface area contributed by atoms with Gasteiger partial charge in [0.1, 0.15) is 11.8 Å². The molecule has 1 rings (SSSR count). The van der Waals surface area contributed by atoms with Crippen molar-refractivity contribution in [2.45, 2.75) is 4.90 Å². The molecule has 1 heterocycles. The fraction of sp³-hybridized carbons (Fsp3) is 0. The Kier molecular flexibility index (Phi) is 1.88. The van der Waals surface area contributed by atoms with Crippen molar-refractivity contribution < 1.29 is 4.39 Å². The zero-order valence-electron chi connectivity index (χ0n) is 4.87. The Morgan fingerprint density at radius 1 is 1.60 bits per heavy atom. The number of hydrogen-bond acceptors (Lipinski definition) is 3. The van der Waals surface area contributed by atoms with Gasteiger partial charge in [0.15, 0.2) is 0 Å². The second-order valence-electron chi connectivity index (χ2n) is 1.62. The summed E-state index contributed by atoms with van der Waals surface area (Å²) in [4.78, 5) is 3.44. The summed E-state index contributed by atoms with van der Waals surface area (Å²) in [6, 6.07) is 4.51. The number of thiol groups is 1. The Balaban J connectivity index is 3.20. The third-order valence-electron chi connectivity index (χ3n) is 0.944. The highest BCUT2D eigenvalue weighted by molar-refractivity contribution is 7.80. The van der Waals surface area contributed by atoms with E-state index in [4.69, 9.17) is 5.26 Å². The van der Waals surface area contributed by atoms with E-state index in [2.05, 4.69) is 17.6 Å². The maximum absolute atomic E-state index is 12.4. The van der Waals surface area contributed by atoms with E-state index in [0.717, 1.165) is 0 Å². The van der Waals surface area contributed by atoms with E-state index in [0.29, 0.717) is 0 Å². The molecule has 0 N–H and O–H groups in total. The molecule has 0 saturated heterocycles. The monoisotopic (exact) mass is 154 g/mol. The van der Waals surface area contributed by atoms with Crippen molar-refractivity contribution in [2.24, 2.45) is 0 Å². The van der Waals surface area contributed by atoms with Crippen molar-refractivity contribution in [1.82, 2.24) is 4.98 Å². The highest BCUT2D eigenvalue weighted by Gasteiger charge is 1.99. The van der Waals surface area contributed by atoms with Gasteiger partial charge < -0.3 is 0 Å². The second-order valence-corrected chi connectivity index (χ2v) is 2.10. The molecular weight excluding hydrogens is 151 g/mol. The number of pyridine rings is 1. The van der Waals surface area contributed by atoms with E-state index in [1.165, 1.54) is 12.1 Å². The van der Waals surface area contributed by atoms with Gasteiger partial charge in [-0.1, -0.05) is 0 Å². The highest BCUT2D eigenvalue weighted by atomic mass is 32.1. The summed E-state index contributed by atoms with van der Waals surface area (Å²) >= 11 is 3.74. The van der Waals surface area contributed by atoms with E-state index in [-0.39, 0.29) is 10.6 Å². The van der Waals surface area contributed by atoms with Crippen LogP contribution in [0.1, 0.15) is 5.69 Å². The molecule has 0 bridgehead atoms. The number of nitrogens with zero attached hydrogens (tertiary/aromatic N) is 2. The van der Waals surface area contributed by atoms with Crippen LogP contribution in [-0.4, -0.2) is 4.98 Å². The summed E-state index contributed by atoms with van der Waals surface area (Å²) in [6.45, 7) is 0. The summed E-state index contributed by atoms with van der Waals surface area (Å²) in [7, 11) is 0. The smallest absolute Gasteiger partial charge is 0.208 e. The van der Waals surface area contributed by atoms with Crippen molar-refractivity contribution >= 4 is 12.6 Å². The lowest BCUT2D eigenvalue weighted by Crippen LogP contribution is -1.87. The predicted molar refractivity (Wildman–Crippen MR) is 36.2 cm³/mol. The largest absolute Gasteiger partial charge is 0.227 e. The van der Waals surface area contributed by atoms with Crippen LogP contribution >= 0.6 is 12.6 Å². The minimum Gasteiger partial charge on any atom is -0.208 e. The van der Waals surface area contributed by atoms with Gasteiger partial charge >= 0.3 is 0 Å². The van der Waals surface area contributed by atoms with Crippen molar-refractivity contribution in [1.29, 1.82) is 5.26 Å². The average molecular weight is 154 g/mol. The van der Waals surface area contributed by atoms with Crippen LogP contribution in [-0.2, 0) is 0 Å². The minimum absolute atomic E-state index is 0.0651. The van der Waals surface area contributed by atoms with Crippen LogP contribution in [0, 0.1) is 17.3 Å². The molecule has 0 aromatic carbocycles. The highest BCUT2D eigenvalue weighted by Crippen LogP contribution is 2.08. The van der Waals surface area contributed by atoms with E-state index >= 15 is 0 Å². The van der Waals surface area contributed by atoms with Crippen LogP contribution in [0.25, 0.3) is 0 Å². The Bertz CT molecular complexity index is 292. The molecule has 0 unspecified atom stereocenters. The van der Waals surface area contributed by atoms with E-state index in [9.17, 15) is 4.39 Å². The van der Waals surface area contributed by atoms with Crippen molar-refractivity contribution in [3.8, 4) is 6.07 Å². The zero-order valence-corrected chi connectivity index (χ0v) is 5.77. The summed E-state index contributed by atoms with van der Waals surface area (Å²) in [6.07, 6.45) is 0. The molecule has 1 aromatic heterocycles. The van der Waals surface area contributed by atoms with Crippen LogP contribution in [0.3, 0.4) is 0 Å². The number of nitriles is 1. The van der Waals surface area contributed by atoms with Crippen LogP contribution in [0.2, 0.25) is 0 Å². The molecule has 0 atom stereocenters. The van der Waals surface area contributed by atoms with E-state index in [1.54, 1.807) is 6.07 Å². The molecule has 1 aromatic rings. The third-order valence-corrected chi connectivity index (χ3v) is 1.28. The van der Waals surface area contributed by atoms with Gasteiger partial charge in [-0.25, -0.2) is 4.98 Å². The predicted octanol–water partition coefficient (Wildman–Crippen LogP) is 1.38.